The fourth-order valence-corrected chi connectivity index (χ4v) is 4.15. The van der Waals surface area contributed by atoms with E-state index in [9.17, 15) is 4.79 Å². The first-order valence-corrected chi connectivity index (χ1v) is 9.45. The van der Waals surface area contributed by atoms with Gasteiger partial charge in [-0.15, -0.1) is 0 Å². The lowest BCUT2D eigenvalue weighted by molar-refractivity contribution is -0.137. The topological polar surface area (TPSA) is 68.5 Å². The number of amides is 1. The maximum Gasteiger partial charge on any atom is 0.228 e. The molecule has 0 N–H and O–H groups in total. The minimum atomic E-state index is 0.0531. The van der Waals surface area contributed by atoms with E-state index in [-0.39, 0.29) is 11.8 Å². The van der Waals surface area contributed by atoms with E-state index in [0.717, 1.165) is 44.3 Å². The average molecular weight is 347 g/mol. The highest BCUT2D eigenvalue weighted by molar-refractivity contribution is 7.08. The second kappa shape index (κ2) is 7.03. The van der Waals surface area contributed by atoms with E-state index in [1.54, 1.807) is 11.3 Å². The highest BCUT2D eigenvalue weighted by atomic mass is 32.1. The van der Waals surface area contributed by atoms with E-state index in [4.69, 9.17) is 9.26 Å². The Labute approximate surface area is 144 Å². The summed E-state index contributed by atoms with van der Waals surface area (Å²) in [7, 11) is 0. The number of aromatic nitrogens is 2. The highest BCUT2D eigenvalue weighted by Crippen LogP contribution is 2.25. The first kappa shape index (κ1) is 15.8. The number of thiophene rings is 1. The molecule has 4 rings (SSSR count). The van der Waals surface area contributed by atoms with Crippen LogP contribution in [0.3, 0.4) is 0 Å². The number of hydrogen-bond acceptors (Lipinski definition) is 6. The number of carbonyl (C=O) groups excluding carboxylic acids is 1. The van der Waals surface area contributed by atoms with Gasteiger partial charge in [-0.05, 0) is 36.6 Å². The minimum Gasteiger partial charge on any atom is -0.381 e. The molecule has 2 atom stereocenters. The predicted octanol–water partition coefficient (Wildman–Crippen LogP) is 2.62. The summed E-state index contributed by atoms with van der Waals surface area (Å²) in [5.41, 5.74) is 0.997. The van der Waals surface area contributed by atoms with Crippen LogP contribution < -0.4 is 0 Å². The van der Waals surface area contributed by atoms with Gasteiger partial charge in [-0.2, -0.15) is 16.3 Å². The summed E-state index contributed by atoms with van der Waals surface area (Å²) >= 11 is 1.62. The van der Waals surface area contributed by atoms with Crippen molar-refractivity contribution in [3.63, 3.8) is 0 Å². The lowest BCUT2D eigenvalue weighted by Gasteiger charge is -2.33. The van der Waals surface area contributed by atoms with Crippen molar-refractivity contribution in [3.05, 3.63) is 22.7 Å². The number of hydrogen-bond donors (Lipinski definition) is 0. The van der Waals surface area contributed by atoms with Crippen molar-refractivity contribution in [1.82, 2.24) is 15.0 Å². The van der Waals surface area contributed by atoms with Crippen LogP contribution in [-0.4, -0.2) is 47.3 Å². The normalized spacial score (nSPS) is 24.4. The van der Waals surface area contributed by atoms with E-state index < -0.39 is 0 Å². The Morgan fingerprint density at radius 2 is 2.38 bits per heavy atom. The van der Waals surface area contributed by atoms with Crippen LogP contribution in [0.1, 0.15) is 25.2 Å². The summed E-state index contributed by atoms with van der Waals surface area (Å²) < 4.78 is 10.8. The van der Waals surface area contributed by atoms with Crippen LogP contribution in [0.15, 0.2) is 21.3 Å². The van der Waals surface area contributed by atoms with Crippen LogP contribution >= 0.6 is 11.3 Å². The Kier molecular flexibility index (Phi) is 4.62. The molecule has 0 saturated carbocycles. The van der Waals surface area contributed by atoms with Gasteiger partial charge in [0.25, 0.3) is 0 Å². The van der Waals surface area contributed by atoms with Crippen LogP contribution in [0.5, 0.6) is 0 Å². The second-order valence-corrected chi connectivity index (χ2v) is 7.36. The second-order valence-electron chi connectivity index (χ2n) is 6.58. The Hall–Kier alpha value is -1.73. The van der Waals surface area contributed by atoms with Crippen LogP contribution in [0, 0.1) is 11.8 Å². The molecule has 128 valence electrons. The molecule has 2 aromatic heterocycles. The van der Waals surface area contributed by atoms with Gasteiger partial charge in [0.05, 0.1) is 12.5 Å². The molecule has 7 heteroatoms. The standard InChI is InChI=1S/C17H21N3O3S/c21-17(13-3-6-22-10-13)20-5-1-2-12(9-20)8-15-18-16(19-23-15)14-4-7-24-11-14/h4,7,11-13H,1-3,5-6,8-10H2/t12-,13-/m1/s1. The number of nitrogens with zero attached hydrogens (tertiary/aromatic N) is 3. The molecular formula is C17H21N3O3S. The monoisotopic (exact) mass is 347 g/mol. The smallest absolute Gasteiger partial charge is 0.228 e. The third kappa shape index (κ3) is 3.37. The zero-order chi connectivity index (χ0) is 16.4. The average Bonchev–Trinajstić information content (AvgIpc) is 3.35. The van der Waals surface area contributed by atoms with Crippen molar-refractivity contribution in [2.45, 2.75) is 25.7 Å². The molecule has 0 aliphatic carbocycles. The van der Waals surface area contributed by atoms with Gasteiger partial charge in [-0.25, -0.2) is 0 Å². The SMILES string of the molecule is O=C([C@@H]1CCOC1)N1CCC[C@H](Cc2nc(-c3ccsc3)no2)C1. The predicted molar refractivity (Wildman–Crippen MR) is 89.5 cm³/mol. The van der Waals surface area contributed by atoms with Gasteiger partial charge in [0, 0.05) is 37.1 Å². The van der Waals surface area contributed by atoms with E-state index in [0.29, 0.717) is 30.8 Å². The quantitative estimate of drug-likeness (QED) is 0.850. The molecule has 0 aromatic carbocycles. The summed E-state index contributed by atoms with van der Waals surface area (Å²) in [4.78, 5) is 19.1. The fourth-order valence-electron chi connectivity index (χ4n) is 3.51. The third-order valence-electron chi connectivity index (χ3n) is 4.82. The lowest BCUT2D eigenvalue weighted by atomic mass is 9.93. The molecule has 2 fully saturated rings. The first-order chi connectivity index (χ1) is 11.8. The Morgan fingerprint density at radius 1 is 1.42 bits per heavy atom. The molecule has 24 heavy (non-hydrogen) atoms. The van der Waals surface area contributed by atoms with Crippen molar-refractivity contribution in [1.29, 1.82) is 0 Å². The fraction of sp³-hybridized carbons (Fsp3) is 0.588. The molecule has 0 bridgehead atoms. The van der Waals surface area contributed by atoms with Crippen LogP contribution in [-0.2, 0) is 16.0 Å². The molecule has 2 aliphatic rings. The number of carbonyl (C=O) groups is 1. The number of likely N-dealkylation sites (tertiary alicyclic amines) is 1. The summed E-state index contributed by atoms with van der Waals surface area (Å²) in [6.45, 7) is 2.93. The molecule has 2 saturated heterocycles. The van der Waals surface area contributed by atoms with E-state index in [2.05, 4.69) is 10.1 Å². The Balaban J connectivity index is 1.37. The molecule has 0 unspecified atom stereocenters. The molecule has 0 radical (unpaired) electrons. The lowest BCUT2D eigenvalue weighted by Crippen LogP contribution is -2.43. The van der Waals surface area contributed by atoms with E-state index in [1.165, 1.54) is 0 Å². The number of rotatable bonds is 4. The van der Waals surface area contributed by atoms with Gasteiger partial charge in [0.15, 0.2) is 0 Å². The molecule has 4 heterocycles. The maximum atomic E-state index is 12.6. The summed E-state index contributed by atoms with van der Waals surface area (Å²) in [6.07, 6.45) is 3.73. The Morgan fingerprint density at radius 3 is 3.17 bits per heavy atom. The van der Waals surface area contributed by atoms with Gasteiger partial charge in [-0.3, -0.25) is 4.79 Å². The van der Waals surface area contributed by atoms with Crippen LogP contribution in [0.25, 0.3) is 11.4 Å². The first-order valence-electron chi connectivity index (χ1n) is 8.51. The van der Waals surface area contributed by atoms with Crippen molar-refractivity contribution < 1.29 is 14.1 Å². The summed E-state index contributed by atoms with van der Waals surface area (Å²) in [5, 5.41) is 8.08. The zero-order valence-corrected chi connectivity index (χ0v) is 14.3. The molecular weight excluding hydrogens is 326 g/mol. The molecule has 2 aromatic rings. The van der Waals surface area contributed by atoms with Gasteiger partial charge >= 0.3 is 0 Å². The van der Waals surface area contributed by atoms with Gasteiger partial charge in [0.2, 0.25) is 17.6 Å². The number of ether oxygens (including phenoxy) is 1. The largest absolute Gasteiger partial charge is 0.381 e. The molecule has 6 nitrogen and oxygen atoms in total. The minimum absolute atomic E-state index is 0.0531. The number of piperidine rings is 1. The zero-order valence-electron chi connectivity index (χ0n) is 13.5. The Bertz CT molecular complexity index is 679. The van der Waals surface area contributed by atoms with Crippen LogP contribution in [0.4, 0.5) is 0 Å². The van der Waals surface area contributed by atoms with Crippen molar-refractivity contribution in [2.24, 2.45) is 11.8 Å². The molecule has 0 spiro atoms. The van der Waals surface area contributed by atoms with E-state index >= 15 is 0 Å². The molecule has 1 amide bonds. The summed E-state index contributed by atoms with van der Waals surface area (Å²) in [5.74, 6) is 2.01. The highest BCUT2D eigenvalue weighted by Gasteiger charge is 2.31. The maximum absolute atomic E-state index is 12.6. The van der Waals surface area contributed by atoms with Gasteiger partial charge in [0.1, 0.15) is 0 Å². The van der Waals surface area contributed by atoms with Crippen LogP contribution in [0.2, 0.25) is 0 Å². The third-order valence-corrected chi connectivity index (χ3v) is 5.50. The molecule has 2 aliphatic heterocycles. The summed E-state index contributed by atoms with van der Waals surface area (Å²) in [6, 6.07) is 1.99. The van der Waals surface area contributed by atoms with Gasteiger partial charge in [-0.1, -0.05) is 5.16 Å². The van der Waals surface area contributed by atoms with E-state index in [1.807, 2.05) is 21.7 Å². The van der Waals surface area contributed by atoms with Crippen molar-refractivity contribution >= 4 is 17.2 Å². The van der Waals surface area contributed by atoms with Crippen molar-refractivity contribution in [3.8, 4) is 11.4 Å². The van der Waals surface area contributed by atoms with Gasteiger partial charge < -0.3 is 14.2 Å². The van der Waals surface area contributed by atoms with Crippen molar-refractivity contribution in [2.75, 3.05) is 26.3 Å².